The van der Waals surface area contributed by atoms with E-state index in [9.17, 15) is 15.2 Å². The van der Waals surface area contributed by atoms with Crippen LogP contribution < -0.4 is 0 Å². The predicted molar refractivity (Wildman–Crippen MR) is 74.3 cm³/mol. The van der Waals surface area contributed by atoms with Gasteiger partial charge < -0.3 is 5.11 Å². The molecule has 0 aliphatic heterocycles. The minimum atomic E-state index is -0.474. The van der Waals surface area contributed by atoms with Crippen LogP contribution in [0.3, 0.4) is 0 Å². The lowest BCUT2D eigenvalue weighted by Crippen LogP contribution is -1.89. The topological polar surface area (TPSA) is 63.4 Å². The highest BCUT2D eigenvalue weighted by Crippen LogP contribution is 2.29. The first-order chi connectivity index (χ1) is 9.06. The summed E-state index contributed by atoms with van der Waals surface area (Å²) in [5, 5.41) is 20.0. The minimum absolute atomic E-state index is 0.0915. The van der Waals surface area contributed by atoms with E-state index in [1.165, 1.54) is 23.9 Å². The lowest BCUT2D eigenvalue weighted by molar-refractivity contribution is -0.384. The molecule has 0 spiro atoms. The van der Waals surface area contributed by atoms with Crippen molar-refractivity contribution in [3.63, 3.8) is 0 Å². The summed E-state index contributed by atoms with van der Waals surface area (Å²) in [6, 6.07) is 14.0. The standard InChI is InChI=1S/C14H13NO3S/c1-10(16)11-2-6-13(7-3-11)19-14-8-4-12(5-9-14)15(17)18/h2-10,16H,1H3/t10-/m0/s1. The molecule has 5 heteroatoms. The van der Waals surface area contributed by atoms with Crippen molar-refractivity contribution >= 4 is 17.4 Å². The van der Waals surface area contributed by atoms with Crippen molar-refractivity contribution in [1.82, 2.24) is 0 Å². The van der Waals surface area contributed by atoms with Crippen molar-refractivity contribution in [3.8, 4) is 0 Å². The molecular weight excluding hydrogens is 262 g/mol. The van der Waals surface area contributed by atoms with Crippen LogP contribution in [0.2, 0.25) is 0 Å². The molecule has 4 nitrogen and oxygen atoms in total. The molecule has 2 rings (SSSR count). The number of benzene rings is 2. The van der Waals surface area contributed by atoms with Crippen LogP contribution in [0.1, 0.15) is 18.6 Å². The fraction of sp³-hybridized carbons (Fsp3) is 0.143. The van der Waals surface area contributed by atoms with Crippen molar-refractivity contribution < 1.29 is 10.0 Å². The van der Waals surface area contributed by atoms with Crippen molar-refractivity contribution in [3.05, 3.63) is 64.2 Å². The van der Waals surface area contributed by atoms with Crippen LogP contribution in [0, 0.1) is 10.1 Å². The van der Waals surface area contributed by atoms with Gasteiger partial charge >= 0.3 is 0 Å². The smallest absolute Gasteiger partial charge is 0.269 e. The molecule has 0 saturated heterocycles. The summed E-state index contributed by atoms with van der Waals surface area (Å²) in [5.41, 5.74) is 0.960. The second-order valence-corrected chi connectivity index (χ2v) is 5.25. The number of hydrogen-bond donors (Lipinski definition) is 1. The number of non-ortho nitro benzene ring substituents is 1. The number of aliphatic hydroxyl groups is 1. The van der Waals surface area contributed by atoms with E-state index in [-0.39, 0.29) is 5.69 Å². The molecule has 1 atom stereocenters. The van der Waals surface area contributed by atoms with Crippen molar-refractivity contribution in [2.45, 2.75) is 22.8 Å². The normalized spacial score (nSPS) is 12.1. The Labute approximate surface area is 115 Å². The van der Waals surface area contributed by atoms with Gasteiger partial charge in [-0.3, -0.25) is 10.1 Å². The summed E-state index contributed by atoms with van der Waals surface area (Å²) < 4.78 is 0. The summed E-state index contributed by atoms with van der Waals surface area (Å²) in [6.45, 7) is 1.72. The third kappa shape index (κ3) is 3.56. The number of nitrogens with zero attached hydrogens (tertiary/aromatic N) is 1. The molecule has 0 amide bonds. The van der Waals surface area contributed by atoms with Crippen LogP contribution in [-0.4, -0.2) is 10.0 Å². The maximum Gasteiger partial charge on any atom is 0.269 e. The largest absolute Gasteiger partial charge is 0.389 e. The lowest BCUT2D eigenvalue weighted by Gasteiger charge is -2.06. The molecule has 0 unspecified atom stereocenters. The van der Waals surface area contributed by atoms with E-state index >= 15 is 0 Å². The Bertz CT molecular complexity index is 564. The molecule has 1 N–H and O–H groups in total. The average Bonchev–Trinajstić information content (AvgIpc) is 2.40. The number of rotatable bonds is 4. The molecule has 0 saturated carbocycles. The Kier molecular flexibility index (Phi) is 4.19. The zero-order valence-electron chi connectivity index (χ0n) is 10.3. The van der Waals surface area contributed by atoms with Crippen LogP contribution in [0.25, 0.3) is 0 Å². The highest BCUT2D eigenvalue weighted by Gasteiger charge is 2.05. The van der Waals surface area contributed by atoms with Crippen LogP contribution >= 0.6 is 11.8 Å². The lowest BCUT2D eigenvalue weighted by atomic mass is 10.1. The second-order valence-electron chi connectivity index (χ2n) is 4.10. The number of aliphatic hydroxyl groups excluding tert-OH is 1. The highest BCUT2D eigenvalue weighted by atomic mass is 32.2. The maximum atomic E-state index is 10.5. The van der Waals surface area contributed by atoms with Gasteiger partial charge in [-0.25, -0.2) is 0 Å². The molecule has 0 aromatic heterocycles. The number of nitro benzene ring substituents is 1. The molecule has 0 bridgehead atoms. The Balaban J connectivity index is 2.10. The van der Waals surface area contributed by atoms with Crippen molar-refractivity contribution in [1.29, 1.82) is 0 Å². The fourth-order valence-electron chi connectivity index (χ4n) is 1.59. The second kappa shape index (κ2) is 5.86. The van der Waals surface area contributed by atoms with Gasteiger partial charge in [-0.15, -0.1) is 0 Å². The van der Waals surface area contributed by atoms with E-state index in [2.05, 4.69) is 0 Å². The van der Waals surface area contributed by atoms with Gasteiger partial charge in [0.2, 0.25) is 0 Å². The molecule has 0 radical (unpaired) electrons. The summed E-state index contributed by atoms with van der Waals surface area (Å²) in [4.78, 5) is 12.1. The highest BCUT2D eigenvalue weighted by molar-refractivity contribution is 7.99. The zero-order chi connectivity index (χ0) is 13.8. The quantitative estimate of drug-likeness (QED) is 0.681. The van der Waals surface area contributed by atoms with E-state index < -0.39 is 11.0 Å². The van der Waals surface area contributed by atoms with Gasteiger partial charge in [-0.2, -0.15) is 0 Å². The Hall–Kier alpha value is -1.85. The predicted octanol–water partition coefficient (Wildman–Crippen LogP) is 3.80. The van der Waals surface area contributed by atoms with Gasteiger partial charge in [0.1, 0.15) is 0 Å². The van der Waals surface area contributed by atoms with E-state index in [0.29, 0.717) is 0 Å². The number of nitro groups is 1. The summed E-state index contributed by atoms with van der Waals surface area (Å²) >= 11 is 1.52. The maximum absolute atomic E-state index is 10.5. The van der Waals surface area contributed by atoms with E-state index in [1.807, 2.05) is 24.3 Å². The molecule has 0 heterocycles. The minimum Gasteiger partial charge on any atom is -0.389 e. The molecule has 0 fully saturated rings. The first-order valence-electron chi connectivity index (χ1n) is 5.76. The van der Waals surface area contributed by atoms with Gasteiger partial charge in [0, 0.05) is 21.9 Å². The van der Waals surface area contributed by atoms with Crippen LogP contribution in [0.15, 0.2) is 58.3 Å². The molecule has 2 aromatic carbocycles. The van der Waals surface area contributed by atoms with E-state index in [1.54, 1.807) is 19.1 Å². The summed E-state index contributed by atoms with van der Waals surface area (Å²) in [6.07, 6.45) is -0.474. The first kappa shape index (κ1) is 13.6. The third-order valence-corrected chi connectivity index (χ3v) is 3.66. The van der Waals surface area contributed by atoms with Gasteiger partial charge in [-0.05, 0) is 36.8 Å². The van der Waals surface area contributed by atoms with E-state index in [4.69, 9.17) is 0 Å². The molecule has 0 aliphatic rings. The van der Waals surface area contributed by atoms with Crippen LogP contribution in [-0.2, 0) is 0 Å². The van der Waals surface area contributed by atoms with Crippen LogP contribution in [0.5, 0.6) is 0 Å². The molecule has 2 aromatic rings. The molecular formula is C14H13NO3S. The SMILES string of the molecule is C[C@H](O)c1ccc(Sc2ccc([N+](=O)[O-])cc2)cc1. The average molecular weight is 275 g/mol. The van der Waals surface area contributed by atoms with Crippen molar-refractivity contribution in [2.75, 3.05) is 0 Å². The Morgan fingerprint density at radius 2 is 1.53 bits per heavy atom. The first-order valence-corrected chi connectivity index (χ1v) is 6.58. The Morgan fingerprint density at radius 1 is 1.05 bits per heavy atom. The fourth-order valence-corrected chi connectivity index (χ4v) is 2.40. The number of hydrogen-bond acceptors (Lipinski definition) is 4. The third-order valence-electron chi connectivity index (χ3n) is 2.65. The molecule has 19 heavy (non-hydrogen) atoms. The zero-order valence-corrected chi connectivity index (χ0v) is 11.1. The van der Waals surface area contributed by atoms with E-state index in [0.717, 1.165) is 15.4 Å². The monoisotopic (exact) mass is 275 g/mol. The van der Waals surface area contributed by atoms with Gasteiger partial charge in [0.05, 0.1) is 11.0 Å². The van der Waals surface area contributed by atoms with Gasteiger partial charge in [0.15, 0.2) is 0 Å². The van der Waals surface area contributed by atoms with Gasteiger partial charge in [-0.1, -0.05) is 23.9 Å². The molecule has 98 valence electrons. The van der Waals surface area contributed by atoms with Crippen LogP contribution in [0.4, 0.5) is 5.69 Å². The summed E-state index contributed by atoms with van der Waals surface area (Å²) in [7, 11) is 0. The van der Waals surface area contributed by atoms with Gasteiger partial charge in [0.25, 0.3) is 5.69 Å². The Morgan fingerprint density at radius 3 is 1.95 bits per heavy atom. The van der Waals surface area contributed by atoms with Crippen molar-refractivity contribution in [2.24, 2.45) is 0 Å². The summed E-state index contributed by atoms with van der Waals surface area (Å²) in [5.74, 6) is 0. The molecule has 0 aliphatic carbocycles.